The van der Waals surface area contributed by atoms with E-state index in [2.05, 4.69) is 27.7 Å². The van der Waals surface area contributed by atoms with Crippen molar-refractivity contribution in [3.05, 3.63) is 29.8 Å². The number of carbonyl (C=O) groups is 2. The number of imide groups is 1. The van der Waals surface area contributed by atoms with Gasteiger partial charge in [-0.15, -0.1) is 0 Å². The van der Waals surface area contributed by atoms with Gasteiger partial charge < -0.3 is 10.2 Å². The van der Waals surface area contributed by atoms with Gasteiger partial charge in [0.15, 0.2) is 0 Å². The number of piperidine rings is 1. The van der Waals surface area contributed by atoms with Crippen LogP contribution in [0.2, 0.25) is 0 Å². The molecule has 2 amide bonds. The Morgan fingerprint density at radius 2 is 2.05 bits per heavy atom. The summed E-state index contributed by atoms with van der Waals surface area (Å²) in [5, 5.41) is 6.02. The Labute approximate surface area is 130 Å². The van der Waals surface area contributed by atoms with Crippen LogP contribution in [0.4, 0.5) is 5.69 Å². The van der Waals surface area contributed by atoms with Gasteiger partial charge in [-0.1, -0.05) is 12.1 Å². The summed E-state index contributed by atoms with van der Waals surface area (Å²) in [4.78, 5) is 25.8. The van der Waals surface area contributed by atoms with E-state index in [0.29, 0.717) is 24.9 Å². The highest BCUT2D eigenvalue weighted by atomic mass is 16.2. The fourth-order valence-electron chi connectivity index (χ4n) is 4.12. The van der Waals surface area contributed by atoms with Crippen molar-refractivity contribution in [3.8, 4) is 0 Å². The second kappa shape index (κ2) is 5.39. The smallest absolute Gasteiger partial charge is 0.234 e. The number of fused-ring (bicyclic) bond motifs is 1. The number of anilines is 1. The molecule has 0 aliphatic carbocycles. The first-order chi connectivity index (χ1) is 10.7. The normalized spacial score (nSPS) is 31.3. The van der Waals surface area contributed by atoms with E-state index in [9.17, 15) is 9.59 Å². The highest BCUT2D eigenvalue weighted by molar-refractivity contribution is 6.01. The molecule has 1 aromatic rings. The summed E-state index contributed by atoms with van der Waals surface area (Å²) in [6.45, 7) is 2.17. The van der Waals surface area contributed by atoms with E-state index in [0.717, 1.165) is 18.7 Å². The van der Waals surface area contributed by atoms with Crippen LogP contribution in [0, 0.1) is 0 Å². The summed E-state index contributed by atoms with van der Waals surface area (Å²) in [5.41, 5.74) is 2.23. The largest absolute Gasteiger partial charge is 0.367 e. The second-order valence-electron chi connectivity index (χ2n) is 6.50. The van der Waals surface area contributed by atoms with Gasteiger partial charge in [-0.05, 0) is 43.5 Å². The molecule has 0 saturated carbocycles. The molecule has 116 valence electrons. The summed E-state index contributed by atoms with van der Waals surface area (Å²) in [6.07, 6.45) is 3.42. The SMILES string of the molecule is O=C1CCC(c2cccc(N3CC[C@H]4NCC[C@H]43)c2)C(=O)N1. The number of rotatable bonds is 2. The summed E-state index contributed by atoms with van der Waals surface area (Å²) in [7, 11) is 0. The lowest BCUT2D eigenvalue weighted by molar-refractivity contribution is -0.134. The maximum absolute atomic E-state index is 12.1. The van der Waals surface area contributed by atoms with Gasteiger partial charge >= 0.3 is 0 Å². The topological polar surface area (TPSA) is 61.4 Å². The number of nitrogens with one attached hydrogen (secondary N) is 2. The minimum Gasteiger partial charge on any atom is -0.367 e. The van der Waals surface area contributed by atoms with Crippen LogP contribution in [-0.4, -0.2) is 37.0 Å². The van der Waals surface area contributed by atoms with E-state index < -0.39 is 0 Å². The maximum Gasteiger partial charge on any atom is 0.234 e. The molecule has 3 atom stereocenters. The molecular formula is C17H21N3O2. The third-order valence-electron chi connectivity index (χ3n) is 5.24. The Bertz CT molecular complexity index is 616. The number of amides is 2. The van der Waals surface area contributed by atoms with E-state index in [1.54, 1.807) is 0 Å². The van der Waals surface area contributed by atoms with Gasteiger partial charge in [-0.2, -0.15) is 0 Å². The molecule has 3 fully saturated rings. The summed E-state index contributed by atoms with van der Waals surface area (Å²) < 4.78 is 0. The number of benzene rings is 1. The zero-order chi connectivity index (χ0) is 15.1. The first kappa shape index (κ1) is 13.8. The van der Waals surface area contributed by atoms with E-state index in [-0.39, 0.29) is 17.7 Å². The zero-order valence-corrected chi connectivity index (χ0v) is 12.5. The highest BCUT2D eigenvalue weighted by Crippen LogP contribution is 2.33. The van der Waals surface area contributed by atoms with Crippen LogP contribution >= 0.6 is 0 Å². The van der Waals surface area contributed by atoms with Gasteiger partial charge in [-0.3, -0.25) is 14.9 Å². The molecule has 22 heavy (non-hydrogen) atoms. The predicted octanol–water partition coefficient (Wildman–Crippen LogP) is 1.15. The molecule has 0 aromatic heterocycles. The number of nitrogens with zero attached hydrogens (tertiary/aromatic N) is 1. The maximum atomic E-state index is 12.1. The monoisotopic (exact) mass is 299 g/mol. The average molecular weight is 299 g/mol. The fraction of sp³-hybridized carbons (Fsp3) is 0.529. The average Bonchev–Trinajstić information content (AvgIpc) is 3.10. The standard InChI is InChI=1S/C17H21N3O2/c21-16-5-4-13(17(22)19-16)11-2-1-3-12(10-11)20-9-7-14-15(20)6-8-18-14/h1-3,10,13-15,18H,4-9H2,(H,19,21,22)/t13?,14-,15-/m1/s1. The van der Waals surface area contributed by atoms with Crippen LogP contribution in [-0.2, 0) is 9.59 Å². The Morgan fingerprint density at radius 1 is 1.14 bits per heavy atom. The van der Waals surface area contributed by atoms with Crippen LogP contribution in [0.5, 0.6) is 0 Å². The molecule has 1 unspecified atom stereocenters. The number of hydrogen-bond acceptors (Lipinski definition) is 4. The Kier molecular flexibility index (Phi) is 3.37. The van der Waals surface area contributed by atoms with Crippen molar-refractivity contribution in [1.29, 1.82) is 0 Å². The lowest BCUT2D eigenvalue weighted by Crippen LogP contribution is -2.39. The Hall–Kier alpha value is -1.88. The second-order valence-corrected chi connectivity index (χ2v) is 6.50. The molecule has 0 radical (unpaired) electrons. The molecule has 0 bridgehead atoms. The van der Waals surface area contributed by atoms with E-state index in [1.165, 1.54) is 18.5 Å². The summed E-state index contributed by atoms with van der Waals surface area (Å²) in [5.74, 6) is -0.509. The van der Waals surface area contributed by atoms with Crippen molar-refractivity contribution < 1.29 is 9.59 Å². The quantitative estimate of drug-likeness (QED) is 0.804. The first-order valence-electron chi connectivity index (χ1n) is 8.16. The summed E-state index contributed by atoms with van der Waals surface area (Å²) in [6, 6.07) is 9.50. The van der Waals surface area contributed by atoms with Gasteiger partial charge in [0.2, 0.25) is 11.8 Å². The minimum atomic E-state index is -0.197. The first-order valence-corrected chi connectivity index (χ1v) is 8.16. The van der Waals surface area contributed by atoms with Crippen molar-refractivity contribution in [2.75, 3.05) is 18.0 Å². The third-order valence-corrected chi connectivity index (χ3v) is 5.24. The van der Waals surface area contributed by atoms with Crippen LogP contribution in [0.25, 0.3) is 0 Å². The van der Waals surface area contributed by atoms with Crippen molar-refractivity contribution in [2.45, 2.75) is 43.7 Å². The Balaban J connectivity index is 1.58. The van der Waals surface area contributed by atoms with Crippen LogP contribution in [0.3, 0.4) is 0 Å². The minimum absolute atomic E-state index is 0.156. The number of hydrogen-bond donors (Lipinski definition) is 2. The van der Waals surface area contributed by atoms with E-state index in [1.807, 2.05) is 12.1 Å². The van der Waals surface area contributed by atoms with E-state index in [4.69, 9.17) is 0 Å². The molecule has 3 heterocycles. The third kappa shape index (κ3) is 2.29. The zero-order valence-electron chi connectivity index (χ0n) is 12.5. The lowest BCUT2D eigenvalue weighted by atomic mass is 9.90. The van der Waals surface area contributed by atoms with Crippen LogP contribution in [0.1, 0.15) is 37.2 Å². The molecule has 3 aliphatic rings. The molecular weight excluding hydrogens is 278 g/mol. The van der Waals surface area contributed by atoms with Gasteiger partial charge in [0.1, 0.15) is 0 Å². The molecule has 3 aliphatic heterocycles. The molecule has 0 spiro atoms. The molecule has 4 rings (SSSR count). The van der Waals surface area contributed by atoms with Gasteiger partial charge in [-0.25, -0.2) is 0 Å². The van der Waals surface area contributed by atoms with Crippen LogP contribution in [0.15, 0.2) is 24.3 Å². The van der Waals surface area contributed by atoms with Gasteiger partial charge in [0.25, 0.3) is 0 Å². The number of carbonyl (C=O) groups excluding carboxylic acids is 2. The molecule has 5 heteroatoms. The van der Waals surface area contributed by atoms with Gasteiger partial charge in [0.05, 0.1) is 5.92 Å². The van der Waals surface area contributed by atoms with Gasteiger partial charge in [0, 0.05) is 30.7 Å². The highest BCUT2D eigenvalue weighted by Gasteiger charge is 2.37. The molecule has 1 aromatic carbocycles. The van der Waals surface area contributed by atoms with E-state index >= 15 is 0 Å². The van der Waals surface area contributed by atoms with Crippen molar-refractivity contribution in [2.24, 2.45) is 0 Å². The molecule has 5 nitrogen and oxygen atoms in total. The van der Waals surface area contributed by atoms with Crippen LogP contribution < -0.4 is 15.5 Å². The molecule has 2 N–H and O–H groups in total. The summed E-state index contributed by atoms with van der Waals surface area (Å²) >= 11 is 0. The molecule has 3 saturated heterocycles. The van der Waals surface area contributed by atoms with Crippen molar-refractivity contribution in [3.63, 3.8) is 0 Å². The van der Waals surface area contributed by atoms with Crippen molar-refractivity contribution >= 4 is 17.5 Å². The lowest BCUT2D eigenvalue weighted by Gasteiger charge is -2.27. The Morgan fingerprint density at radius 3 is 2.91 bits per heavy atom. The predicted molar refractivity (Wildman–Crippen MR) is 83.7 cm³/mol. The van der Waals surface area contributed by atoms with Crippen molar-refractivity contribution in [1.82, 2.24) is 10.6 Å². The fourth-order valence-corrected chi connectivity index (χ4v) is 4.12.